The van der Waals surface area contributed by atoms with Crippen LogP contribution in [0.2, 0.25) is 6.32 Å². The van der Waals surface area contributed by atoms with Gasteiger partial charge in [0.1, 0.15) is 4.58 Å². The van der Waals surface area contributed by atoms with Gasteiger partial charge in [0.15, 0.2) is 9.84 Å². The van der Waals surface area contributed by atoms with E-state index in [0.717, 1.165) is 56.3 Å². The second-order valence-electron chi connectivity index (χ2n) is 6.87. The van der Waals surface area contributed by atoms with Crippen LogP contribution in [0.3, 0.4) is 0 Å². The Morgan fingerprint density at radius 1 is 1.30 bits per heavy atom. The van der Waals surface area contributed by atoms with E-state index in [1.54, 1.807) is 0 Å². The number of rotatable bonds is 7. The Balaban J connectivity index is 2.14. The first-order valence-corrected chi connectivity index (χ1v) is 11.8. The molecule has 0 amide bonds. The Morgan fingerprint density at radius 2 is 2.09 bits per heavy atom. The van der Waals surface area contributed by atoms with E-state index in [1.165, 1.54) is 0 Å². The monoisotopic (exact) mass is 356 g/mol. The van der Waals surface area contributed by atoms with Crippen molar-refractivity contribution < 1.29 is 12.6 Å². The molecule has 0 aromatic carbocycles. The lowest BCUT2D eigenvalue weighted by atomic mass is 9.82. The van der Waals surface area contributed by atoms with Crippen molar-refractivity contribution in [3.05, 3.63) is 11.0 Å². The maximum Gasteiger partial charge on any atom is 0.168 e. The molecule has 0 heterocycles. The zero-order valence-corrected chi connectivity index (χ0v) is 15.8. The quantitative estimate of drug-likeness (QED) is 0.651. The summed E-state index contributed by atoms with van der Waals surface area (Å²) in [5.74, 6) is 0.411. The lowest BCUT2D eigenvalue weighted by Crippen LogP contribution is -2.38. The molecule has 0 aromatic rings. The topological polar surface area (TPSA) is 51.2 Å². The first-order valence-electron chi connectivity index (χ1n) is 9.03. The van der Waals surface area contributed by atoms with Gasteiger partial charge in [0.25, 0.3) is 0 Å². The highest BCUT2D eigenvalue weighted by Crippen LogP contribution is 2.35. The van der Waals surface area contributed by atoms with Crippen molar-refractivity contribution in [2.75, 3.05) is 0 Å². The highest BCUT2D eigenvalue weighted by molar-refractivity contribution is 8.08. The minimum absolute atomic E-state index is 0.328. The van der Waals surface area contributed by atoms with Crippen molar-refractivity contribution in [1.29, 1.82) is 0 Å². The first-order chi connectivity index (χ1) is 11.0. The molecule has 1 saturated carbocycles. The van der Waals surface area contributed by atoms with Gasteiger partial charge >= 0.3 is 0 Å². The average Bonchev–Trinajstić information content (AvgIpc) is 2.56. The van der Waals surface area contributed by atoms with Crippen molar-refractivity contribution in [2.24, 2.45) is 5.92 Å². The second-order valence-corrected chi connectivity index (χ2v) is 11.3. The summed E-state index contributed by atoms with van der Waals surface area (Å²) in [5.41, 5.74) is 0. The Labute approximate surface area is 145 Å². The highest BCUT2D eigenvalue weighted by Gasteiger charge is 2.40. The smallest absolute Gasteiger partial charge is 0.168 e. The molecule has 0 bridgehead atoms. The van der Waals surface area contributed by atoms with Crippen LogP contribution >= 0.6 is 0 Å². The minimum Gasteiger partial charge on any atom is -0.253 e. The van der Waals surface area contributed by atoms with Gasteiger partial charge in [-0.15, -0.1) is 0 Å². The molecule has 3 nitrogen and oxygen atoms in total. The summed E-state index contributed by atoms with van der Waals surface area (Å²) in [4.78, 5) is 0.862. The molecule has 23 heavy (non-hydrogen) atoms. The fraction of sp³-hybridized carbons (Fsp3) is 0.882. The molecule has 0 spiro atoms. The van der Waals surface area contributed by atoms with E-state index in [0.29, 0.717) is 25.1 Å². The van der Waals surface area contributed by atoms with Crippen LogP contribution in [0.1, 0.15) is 71.1 Å². The standard InChI is InChI=1S/C17H29BO3S2/c1-2-17(22(19)15-8-4-3-5-9-15)23(20,21)16-10-6-7-14(13-16)11-12-18/h8,14,16-17H,2-7,9-13H2,1H3. The number of hydrogen-bond donors (Lipinski definition) is 0. The molecule has 0 saturated heterocycles. The highest BCUT2D eigenvalue weighted by atomic mass is 32.3. The molecule has 6 heteroatoms. The van der Waals surface area contributed by atoms with Gasteiger partial charge in [-0.05, 0) is 50.9 Å². The molecule has 2 radical (unpaired) electrons. The van der Waals surface area contributed by atoms with Crippen molar-refractivity contribution in [3.63, 3.8) is 0 Å². The molecule has 0 aromatic heterocycles. The van der Waals surface area contributed by atoms with Crippen molar-refractivity contribution in [1.82, 2.24) is 0 Å². The van der Waals surface area contributed by atoms with Gasteiger partial charge in [-0.1, -0.05) is 38.6 Å². The predicted molar refractivity (Wildman–Crippen MR) is 98.6 cm³/mol. The molecule has 2 aliphatic carbocycles. The van der Waals surface area contributed by atoms with E-state index in [9.17, 15) is 12.6 Å². The number of sulfone groups is 1. The summed E-state index contributed by atoms with van der Waals surface area (Å²) < 4.78 is 38.3. The Kier molecular flexibility index (Phi) is 7.39. The minimum atomic E-state index is -3.36. The van der Waals surface area contributed by atoms with E-state index in [1.807, 2.05) is 13.0 Å². The second kappa shape index (κ2) is 8.84. The molecule has 4 unspecified atom stereocenters. The maximum absolute atomic E-state index is 13.1. The molecular weight excluding hydrogens is 327 g/mol. The summed E-state index contributed by atoms with van der Waals surface area (Å²) >= 11 is 0. The van der Waals surface area contributed by atoms with E-state index in [-0.39, 0.29) is 5.25 Å². The largest absolute Gasteiger partial charge is 0.253 e. The summed E-state index contributed by atoms with van der Waals surface area (Å²) in [6.07, 6.45) is 11.3. The van der Waals surface area contributed by atoms with Crippen LogP contribution in [0.15, 0.2) is 11.0 Å². The van der Waals surface area contributed by atoms with Crippen molar-refractivity contribution in [2.45, 2.75) is 87.3 Å². The van der Waals surface area contributed by atoms with Crippen LogP contribution in [0.25, 0.3) is 0 Å². The van der Waals surface area contributed by atoms with Crippen LogP contribution in [0, 0.1) is 5.92 Å². The van der Waals surface area contributed by atoms with Crippen LogP contribution in [0.4, 0.5) is 0 Å². The van der Waals surface area contributed by atoms with Gasteiger partial charge in [-0.2, -0.15) is 0 Å². The third kappa shape index (κ3) is 4.71. The lowest BCUT2D eigenvalue weighted by molar-refractivity contribution is 0.348. The summed E-state index contributed by atoms with van der Waals surface area (Å²) in [6.45, 7) is 1.85. The summed E-state index contributed by atoms with van der Waals surface area (Å²) in [6, 6.07) is 0. The third-order valence-corrected chi connectivity index (χ3v) is 10.7. The molecule has 4 atom stereocenters. The van der Waals surface area contributed by atoms with Gasteiger partial charge in [-0.3, -0.25) is 4.21 Å². The van der Waals surface area contributed by atoms with Gasteiger partial charge in [0.2, 0.25) is 0 Å². The molecule has 0 N–H and O–H groups in total. The number of hydrogen-bond acceptors (Lipinski definition) is 3. The predicted octanol–water partition coefficient (Wildman–Crippen LogP) is 3.88. The Hall–Kier alpha value is -0.0951. The zero-order valence-electron chi connectivity index (χ0n) is 14.2. The van der Waals surface area contributed by atoms with Gasteiger partial charge in [-0.25, -0.2) is 8.42 Å². The van der Waals surface area contributed by atoms with E-state index in [4.69, 9.17) is 7.85 Å². The van der Waals surface area contributed by atoms with Crippen molar-refractivity contribution in [3.8, 4) is 0 Å². The van der Waals surface area contributed by atoms with Crippen LogP contribution < -0.4 is 0 Å². The van der Waals surface area contributed by atoms with Crippen LogP contribution in [-0.4, -0.2) is 30.3 Å². The molecule has 2 aliphatic rings. The molecular formula is C17H29BO3S2. The summed E-state index contributed by atoms with van der Waals surface area (Å²) in [7, 11) is 0.902. The van der Waals surface area contributed by atoms with Crippen molar-refractivity contribution >= 4 is 28.5 Å². The zero-order chi connectivity index (χ0) is 16.9. The van der Waals surface area contributed by atoms with Gasteiger partial charge in [0, 0.05) is 4.91 Å². The number of allylic oxidation sites excluding steroid dienone is 2. The fourth-order valence-electron chi connectivity index (χ4n) is 3.92. The molecule has 2 rings (SSSR count). The van der Waals surface area contributed by atoms with Crippen LogP contribution in [0.5, 0.6) is 0 Å². The fourth-order valence-corrected chi connectivity index (χ4v) is 8.93. The van der Waals surface area contributed by atoms with Gasteiger partial charge in [0.05, 0.1) is 23.9 Å². The molecule has 130 valence electrons. The van der Waals surface area contributed by atoms with E-state index in [2.05, 4.69) is 0 Å². The normalized spacial score (nSPS) is 28.8. The lowest BCUT2D eigenvalue weighted by Gasteiger charge is -2.31. The Morgan fingerprint density at radius 3 is 2.70 bits per heavy atom. The third-order valence-electron chi connectivity index (χ3n) is 5.22. The SMILES string of the molecule is [B]CCC1CCCC(S(=O)(=O)C(CC)S(=O)C2=CCCCC2)C1. The van der Waals surface area contributed by atoms with E-state index >= 15 is 0 Å². The average molecular weight is 356 g/mol. The molecule has 0 aliphatic heterocycles. The molecule has 1 fully saturated rings. The first kappa shape index (κ1) is 19.2. The van der Waals surface area contributed by atoms with Crippen LogP contribution in [-0.2, 0) is 20.6 Å². The van der Waals surface area contributed by atoms with E-state index < -0.39 is 25.2 Å². The van der Waals surface area contributed by atoms with Gasteiger partial charge < -0.3 is 0 Å². The Bertz CT molecular complexity index is 540. The maximum atomic E-state index is 13.1. The summed E-state index contributed by atoms with van der Waals surface area (Å²) in [5, 5.41) is -0.328.